The van der Waals surface area contributed by atoms with Crippen molar-refractivity contribution in [2.24, 2.45) is 16.9 Å². The van der Waals surface area contributed by atoms with Crippen LogP contribution in [0.5, 0.6) is 5.75 Å². The Balaban J connectivity index is 1.97. The molecule has 2 aliphatic rings. The van der Waals surface area contributed by atoms with Gasteiger partial charge in [0.2, 0.25) is 5.91 Å². The van der Waals surface area contributed by atoms with Crippen LogP contribution in [0.25, 0.3) is 0 Å². The molecule has 0 bridgehead atoms. The summed E-state index contributed by atoms with van der Waals surface area (Å²) in [5.74, 6) is -0.111. The first kappa shape index (κ1) is 12.9. The lowest BCUT2D eigenvalue weighted by Crippen LogP contribution is -2.52. The van der Waals surface area contributed by atoms with Crippen molar-refractivity contribution in [3.8, 4) is 5.75 Å². The van der Waals surface area contributed by atoms with Crippen LogP contribution in [0.3, 0.4) is 0 Å². The van der Waals surface area contributed by atoms with Gasteiger partial charge in [-0.1, -0.05) is 12.1 Å². The predicted molar refractivity (Wildman–Crippen MR) is 73.1 cm³/mol. The summed E-state index contributed by atoms with van der Waals surface area (Å²) >= 11 is 0. The standard InChI is InChI=1S/C14H17N3O3/c15-8-14(5-6-14)13(19)17-7-11(12(16)18)20-10-4-2-1-3-9(10)17/h1-4,11H,5-8,15H2,(H2,16,18). The van der Waals surface area contributed by atoms with E-state index in [0.717, 1.165) is 12.8 Å². The molecule has 1 heterocycles. The Morgan fingerprint density at radius 3 is 2.65 bits per heavy atom. The summed E-state index contributed by atoms with van der Waals surface area (Å²) in [6.07, 6.45) is 0.772. The van der Waals surface area contributed by atoms with Crippen LogP contribution in [0.15, 0.2) is 24.3 Å². The number of nitrogens with two attached hydrogens (primary N) is 2. The minimum absolute atomic E-state index is 0.0398. The van der Waals surface area contributed by atoms with Crippen LogP contribution in [-0.4, -0.2) is 31.0 Å². The van der Waals surface area contributed by atoms with E-state index in [9.17, 15) is 9.59 Å². The second kappa shape index (κ2) is 4.49. The van der Waals surface area contributed by atoms with Gasteiger partial charge in [-0.2, -0.15) is 0 Å². The number of ether oxygens (including phenoxy) is 1. The Labute approximate surface area is 116 Å². The molecule has 4 N–H and O–H groups in total. The molecule has 106 valence electrons. The van der Waals surface area contributed by atoms with Crippen LogP contribution >= 0.6 is 0 Å². The molecule has 1 aromatic carbocycles. The lowest BCUT2D eigenvalue weighted by atomic mass is 10.0. The highest BCUT2D eigenvalue weighted by molar-refractivity contribution is 6.02. The lowest BCUT2D eigenvalue weighted by Gasteiger charge is -2.35. The number of anilines is 1. The molecule has 0 aromatic heterocycles. The topological polar surface area (TPSA) is 98.7 Å². The van der Waals surface area contributed by atoms with Gasteiger partial charge in [0.25, 0.3) is 5.91 Å². The summed E-state index contributed by atoms with van der Waals surface area (Å²) in [5, 5.41) is 0. The third kappa shape index (κ3) is 1.92. The molecule has 0 radical (unpaired) electrons. The van der Waals surface area contributed by atoms with Crippen LogP contribution in [0.2, 0.25) is 0 Å². The molecule has 2 amide bonds. The first-order valence-electron chi connectivity index (χ1n) is 6.64. The second-order valence-corrected chi connectivity index (χ2v) is 5.38. The Morgan fingerprint density at radius 1 is 1.35 bits per heavy atom. The van der Waals surface area contributed by atoms with E-state index in [1.54, 1.807) is 23.1 Å². The predicted octanol–water partition coefficient (Wildman–Crippen LogP) is 0.00480. The zero-order chi connectivity index (χ0) is 14.3. The average Bonchev–Trinajstić information content (AvgIpc) is 3.26. The first-order chi connectivity index (χ1) is 9.57. The molecular weight excluding hydrogens is 258 g/mol. The summed E-state index contributed by atoms with van der Waals surface area (Å²) in [4.78, 5) is 25.7. The summed E-state index contributed by atoms with van der Waals surface area (Å²) in [6.45, 7) is 0.472. The molecule has 1 saturated carbocycles. The summed E-state index contributed by atoms with van der Waals surface area (Å²) in [5.41, 5.74) is 11.2. The highest BCUT2D eigenvalue weighted by atomic mass is 16.5. The summed E-state index contributed by atoms with van der Waals surface area (Å²) in [7, 11) is 0. The van der Waals surface area contributed by atoms with E-state index in [2.05, 4.69) is 0 Å². The molecular formula is C14H17N3O3. The quantitative estimate of drug-likeness (QED) is 0.811. The molecule has 0 saturated heterocycles. The van der Waals surface area contributed by atoms with Crippen LogP contribution in [0.4, 0.5) is 5.69 Å². The average molecular weight is 275 g/mol. The van der Waals surface area contributed by atoms with Gasteiger partial charge >= 0.3 is 0 Å². The molecule has 6 heteroatoms. The van der Waals surface area contributed by atoms with Gasteiger partial charge in [-0.05, 0) is 25.0 Å². The Morgan fingerprint density at radius 2 is 2.05 bits per heavy atom. The SMILES string of the molecule is NCC1(C(=O)N2CC(C(N)=O)Oc3ccccc32)CC1. The number of amides is 2. The fourth-order valence-electron chi connectivity index (χ4n) is 2.52. The van der Waals surface area contributed by atoms with Gasteiger partial charge < -0.3 is 21.1 Å². The molecule has 1 atom stereocenters. The van der Waals surface area contributed by atoms with Crippen LogP contribution in [-0.2, 0) is 9.59 Å². The van der Waals surface area contributed by atoms with Crippen LogP contribution < -0.4 is 21.1 Å². The molecule has 0 spiro atoms. The third-order valence-electron chi connectivity index (χ3n) is 4.03. The number of para-hydroxylation sites is 2. The minimum atomic E-state index is -0.817. The molecule has 1 aliphatic carbocycles. The second-order valence-electron chi connectivity index (χ2n) is 5.38. The van der Waals surface area contributed by atoms with E-state index < -0.39 is 17.4 Å². The zero-order valence-electron chi connectivity index (χ0n) is 11.0. The van der Waals surface area contributed by atoms with E-state index in [1.165, 1.54) is 0 Å². The van der Waals surface area contributed by atoms with E-state index in [1.807, 2.05) is 6.07 Å². The van der Waals surface area contributed by atoms with Crippen molar-refractivity contribution in [3.05, 3.63) is 24.3 Å². The summed E-state index contributed by atoms with van der Waals surface area (Å²) in [6, 6.07) is 7.15. The number of nitrogens with zero attached hydrogens (tertiary/aromatic N) is 1. The number of fused-ring (bicyclic) bond motifs is 1. The van der Waals surface area contributed by atoms with E-state index in [0.29, 0.717) is 18.0 Å². The minimum Gasteiger partial charge on any atom is -0.477 e. The van der Waals surface area contributed by atoms with Crippen molar-refractivity contribution in [2.45, 2.75) is 18.9 Å². The molecule has 1 aliphatic heterocycles. The van der Waals surface area contributed by atoms with Gasteiger partial charge in [-0.25, -0.2) is 0 Å². The fourth-order valence-corrected chi connectivity index (χ4v) is 2.52. The van der Waals surface area contributed by atoms with Crippen molar-refractivity contribution in [1.29, 1.82) is 0 Å². The zero-order valence-corrected chi connectivity index (χ0v) is 11.0. The smallest absolute Gasteiger partial charge is 0.260 e. The summed E-state index contributed by atoms with van der Waals surface area (Å²) < 4.78 is 5.54. The van der Waals surface area contributed by atoms with Crippen LogP contribution in [0.1, 0.15) is 12.8 Å². The molecule has 1 unspecified atom stereocenters. The molecule has 3 rings (SSSR count). The first-order valence-corrected chi connectivity index (χ1v) is 6.64. The van der Waals surface area contributed by atoms with Crippen molar-refractivity contribution < 1.29 is 14.3 Å². The number of carbonyl (C=O) groups is 2. The Hall–Kier alpha value is -2.08. The normalized spacial score (nSPS) is 22.6. The van der Waals surface area contributed by atoms with Crippen molar-refractivity contribution in [1.82, 2.24) is 0 Å². The van der Waals surface area contributed by atoms with Crippen molar-refractivity contribution in [3.63, 3.8) is 0 Å². The maximum Gasteiger partial charge on any atom is 0.260 e. The monoisotopic (exact) mass is 275 g/mol. The number of hydrogen-bond acceptors (Lipinski definition) is 4. The van der Waals surface area contributed by atoms with Gasteiger partial charge in [0.15, 0.2) is 6.10 Å². The van der Waals surface area contributed by atoms with E-state index in [4.69, 9.17) is 16.2 Å². The maximum absolute atomic E-state index is 12.7. The van der Waals surface area contributed by atoms with Gasteiger partial charge in [0, 0.05) is 6.54 Å². The van der Waals surface area contributed by atoms with E-state index in [-0.39, 0.29) is 12.5 Å². The lowest BCUT2D eigenvalue weighted by molar-refractivity contribution is -0.126. The number of carbonyl (C=O) groups excluding carboxylic acids is 2. The Kier molecular flexibility index (Phi) is 2.90. The highest BCUT2D eigenvalue weighted by Crippen LogP contribution is 2.48. The van der Waals surface area contributed by atoms with Crippen molar-refractivity contribution >= 4 is 17.5 Å². The molecule has 6 nitrogen and oxygen atoms in total. The fraction of sp³-hybridized carbons (Fsp3) is 0.429. The number of rotatable bonds is 3. The number of benzene rings is 1. The number of hydrogen-bond donors (Lipinski definition) is 2. The van der Waals surface area contributed by atoms with Gasteiger partial charge in [0.05, 0.1) is 17.6 Å². The maximum atomic E-state index is 12.7. The molecule has 20 heavy (non-hydrogen) atoms. The van der Waals surface area contributed by atoms with Gasteiger partial charge in [-0.3, -0.25) is 9.59 Å². The van der Waals surface area contributed by atoms with Gasteiger partial charge in [0.1, 0.15) is 5.75 Å². The third-order valence-corrected chi connectivity index (χ3v) is 4.03. The van der Waals surface area contributed by atoms with Crippen molar-refractivity contribution in [2.75, 3.05) is 18.0 Å². The number of primary amides is 1. The molecule has 1 aromatic rings. The highest BCUT2D eigenvalue weighted by Gasteiger charge is 2.52. The van der Waals surface area contributed by atoms with Gasteiger partial charge in [-0.15, -0.1) is 0 Å². The van der Waals surface area contributed by atoms with Crippen LogP contribution in [0, 0.1) is 5.41 Å². The largest absolute Gasteiger partial charge is 0.477 e. The Bertz CT molecular complexity index is 569. The molecule has 1 fully saturated rings. The van der Waals surface area contributed by atoms with E-state index >= 15 is 0 Å².